The molecule has 1 aliphatic carbocycles. The van der Waals surface area contributed by atoms with Crippen molar-refractivity contribution in [2.45, 2.75) is 6.54 Å². The fraction of sp³-hybridized carbons (Fsp3) is 0.0333. The fourth-order valence-corrected chi connectivity index (χ4v) is 5.09. The van der Waals surface area contributed by atoms with Crippen molar-refractivity contribution in [2.24, 2.45) is 10.2 Å². The van der Waals surface area contributed by atoms with Crippen LogP contribution in [0, 0.1) is 0 Å². The highest BCUT2D eigenvalue weighted by atomic mass is 35.5. The molecule has 0 fully saturated rings. The van der Waals surface area contributed by atoms with Gasteiger partial charge in [0.1, 0.15) is 11.4 Å². The van der Waals surface area contributed by atoms with E-state index in [4.69, 9.17) is 21.6 Å². The topological polar surface area (TPSA) is 70.8 Å². The third kappa shape index (κ3) is 3.45. The van der Waals surface area contributed by atoms with Crippen LogP contribution in [0.2, 0.25) is 5.02 Å². The van der Waals surface area contributed by atoms with Gasteiger partial charge in [-0.25, -0.2) is 9.97 Å². The van der Waals surface area contributed by atoms with Gasteiger partial charge in [-0.15, -0.1) is 10.2 Å². The quantitative estimate of drug-likeness (QED) is 0.278. The summed E-state index contributed by atoms with van der Waals surface area (Å²) in [6.07, 6.45) is 0. The van der Waals surface area contributed by atoms with E-state index in [1.165, 1.54) is 0 Å². The highest BCUT2D eigenvalue weighted by molar-refractivity contribution is 6.54. The number of anilines is 1. The van der Waals surface area contributed by atoms with E-state index in [2.05, 4.69) is 10.2 Å². The summed E-state index contributed by atoms with van der Waals surface area (Å²) in [4.78, 5) is 25.0. The second kappa shape index (κ2) is 8.47. The predicted molar refractivity (Wildman–Crippen MR) is 146 cm³/mol. The fourth-order valence-electron chi connectivity index (χ4n) is 4.89. The van der Waals surface area contributed by atoms with Crippen molar-refractivity contribution in [3.63, 3.8) is 0 Å². The summed E-state index contributed by atoms with van der Waals surface area (Å²) in [5.41, 5.74) is 8.15. The first-order valence-electron chi connectivity index (χ1n) is 11.9. The van der Waals surface area contributed by atoms with Crippen molar-refractivity contribution in [1.29, 1.82) is 0 Å². The van der Waals surface area contributed by atoms with Crippen LogP contribution in [0.15, 0.2) is 107 Å². The Labute approximate surface area is 217 Å². The minimum Gasteiger partial charge on any atom is -0.302 e. The Morgan fingerprint density at radius 2 is 1.24 bits per heavy atom. The number of hydrogen-bond acceptors (Lipinski definition) is 5. The van der Waals surface area contributed by atoms with E-state index in [-0.39, 0.29) is 11.6 Å². The van der Waals surface area contributed by atoms with E-state index < -0.39 is 0 Å². The van der Waals surface area contributed by atoms with Gasteiger partial charge in [-0.2, -0.15) is 0 Å². The summed E-state index contributed by atoms with van der Waals surface area (Å²) >= 11 is 6.40. The van der Waals surface area contributed by atoms with Gasteiger partial charge < -0.3 is 4.90 Å². The molecule has 2 heterocycles. The van der Waals surface area contributed by atoms with Crippen molar-refractivity contribution in [3.05, 3.63) is 124 Å². The molecule has 0 radical (unpaired) electrons. The molecule has 176 valence electrons. The Morgan fingerprint density at radius 1 is 0.649 bits per heavy atom. The maximum atomic E-state index is 13.6. The maximum absolute atomic E-state index is 13.6. The Hall–Kier alpha value is -4.68. The van der Waals surface area contributed by atoms with Gasteiger partial charge in [0.2, 0.25) is 0 Å². The molecule has 0 N–H and O–H groups in total. The molecule has 2 aliphatic rings. The first kappa shape index (κ1) is 21.6. The van der Waals surface area contributed by atoms with Gasteiger partial charge in [-0.05, 0) is 29.8 Å². The number of carbonyl (C=O) groups excluding carboxylic acids is 1. The third-order valence-electron chi connectivity index (χ3n) is 6.67. The van der Waals surface area contributed by atoms with Crippen LogP contribution < -0.4 is 4.90 Å². The second-order valence-electron chi connectivity index (χ2n) is 8.85. The van der Waals surface area contributed by atoms with Crippen LogP contribution in [0.3, 0.4) is 0 Å². The molecular weight excluding hydrogens is 482 g/mol. The van der Waals surface area contributed by atoms with E-state index in [1.807, 2.05) is 97.1 Å². The molecule has 37 heavy (non-hydrogen) atoms. The van der Waals surface area contributed by atoms with E-state index in [0.29, 0.717) is 23.0 Å². The predicted octanol–water partition coefficient (Wildman–Crippen LogP) is 6.05. The van der Waals surface area contributed by atoms with Gasteiger partial charge in [0.15, 0.2) is 5.71 Å². The van der Waals surface area contributed by atoms with Gasteiger partial charge in [0, 0.05) is 21.7 Å². The maximum Gasteiger partial charge on any atom is 0.279 e. The summed E-state index contributed by atoms with van der Waals surface area (Å²) in [6.45, 7) is 0.342. The molecule has 0 saturated carbocycles. The minimum absolute atomic E-state index is 0.221. The Bertz CT molecular complexity index is 1810. The Balaban J connectivity index is 1.35. The molecule has 1 aliphatic heterocycles. The number of hydrogen-bond donors (Lipinski definition) is 0. The van der Waals surface area contributed by atoms with Crippen molar-refractivity contribution in [2.75, 3.05) is 4.90 Å². The molecule has 0 spiro atoms. The summed E-state index contributed by atoms with van der Waals surface area (Å²) in [5, 5.41) is 9.78. The zero-order valence-corrected chi connectivity index (χ0v) is 20.2. The average Bonchev–Trinajstić information content (AvgIpc) is 3.38. The van der Waals surface area contributed by atoms with Crippen molar-refractivity contribution >= 4 is 45.7 Å². The molecular formula is C30H18ClN5O. The largest absolute Gasteiger partial charge is 0.302 e. The van der Waals surface area contributed by atoms with Crippen LogP contribution in [0.1, 0.15) is 22.4 Å². The van der Waals surface area contributed by atoms with Crippen LogP contribution in [0.25, 0.3) is 22.3 Å². The van der Waals surface area contributed by atoms with E-state index in [1.54, 1.807) is 4.90 Å². The van der Waals surface area contributed by atoms with Crippen molar-refractivity contribution < 1.29 is 4.79 Å². The number of nitrogens with zero attached hydrogens (tertiary/aromatic N) is 5. The minimum atomic E-state index is -0.221. The molecule has 0 atom stereocenters. The lowest BCUT2D eigenvalue weighted by molar-refractivity contribution is -0.112. The van der Waals surface area contributed by atoms with Gasteiger partial charge in [0.25, 0.3) is 5.91 Å². The van der Waals surface area contributed by atoms with Crippen LogP contribution in [0.5, 0.6) is 0 Å². The van der Waals surface area contributed by atoms with Crippen molar-refractivity contribution in [1.82, 2.24) is 9.97 Å². The number of rotatable bonds is 3. The second-order valence-corrected chi connectivity index (χ2v) is 9.26. The number of amides is 1. The molecule has 0 bridgehead atoms. The normalized spacial score (nSPS) is 15.9. The van der Waals surface area contributed by atoms with Crippen LogP contribution in [-0.2, 0) is 11.3 Å². The highest BCUT2D eigenvalue weighted by Crippen LogP contribution is 2.36. The molecule has 4 aromatic carbocycles. The number of carbonyl (C=O) groups is 1. The zero-order valence-electron chi connectivity index (χ0n) is 19.5. The molecule has 6 nitrogen and oxygen atoms in total. The van der Waals surface area contributed by atoms with Crippen LogP contribution in [0.4, 0.5) is 5.69 Å². The number of para-hydroxylation sites is 3. The van der Waals surface area contributed by atoms with Gasteiger partial charge >= 0.3 is 0 Å². The molecule has 5 aromatic rings. The number of aromatic nitrogens is 2. The Kier molecular flexibility index (Phi) is 4.94. The van der Waals surface area contributed by atoms with E-state index >= 15 is 0 Å². The van der Waals surface area contributed by atoms with Gasteiger partial charge in [-0.1, -0.05) is 84.4 Å². The molecule has 1 aromatic heterocycles. The van der Waals surface area contributed by atoms with E-state index in [9.17, 15) is 4.79 Å². The lowest BCUT2D eigenvalue weighted by atomic mass is 10.1. The molecule has 0 saturated heterocycles. The third-order valence-corrected chi connectivity index (χ3v) is 7.03. The van der Waals surface area contributed by atoms with E-state index in [0.717, 1.165) is 44.7 Å². The highest BCUT2D eigenvalue weighted by Gasteiger charge is 2.35. The number of benzene rings is 4. The van der Waals surface area contributed by atoms with Gasteiger partial charge in [0.05, 0.1) is 29.0 Å². The number of fused-ring (bicyclic) bond motifs is 5. The molecule has 0 unspecified atom stereocenters. The van der Waals surface area contributed by atoms with Crippen LogP contribution in [-0.4, -0.2) is 27.3 Å². The molecule has 7 rings (SSSR count). The van der Waals surface area contributed by atoms with Gasteiger partial charge in [-0.3, -0.25) is 4.79 Å². The average molecular weight is 500 g/mol. The van der Waals surface area contributed by atoms with Crippen molar-refractivity contribution in [3.8, 4) is 11.3 Å². The monoisotopic (exact) mass is 499 g/mol. The molecule has 1 amide bonds. The zero-order chi connectivity index (χ0) is 24.9. The molecule has 7 heteroatoms. The lowest BCUT2D eigenvalue weighted by Crippen LogP contribution is -2.29. The summed E-state index contributed by atoms with van der Waals surface area (Å²) in [7, 11) is 0. The lowest BCUT2D eigenvalue weighted by Gasteiger charge is -2.17. The summed E-state index contributed by atoms with van der Waals surface area (Å²) in [5.74, 6) is -0.221. The Morgan fingerprint density at radius 3 is 2.03 bits per heavy atom. The van der Waals surface area contributed by atoms with Crippen LogP contribution >= 0.6 is 11.6 Å². The summed E-state index contributed by atoms with van der Waals surface area (Å²) in [6, 6.07) is 30.8. The SMILES string of the molecule is O=C1/C(=N/N=C2\c3ccccc3-c3nc4ccccc4nc32)c2ccccc2N1Cc1ccccc1Cl. The smallest absolute Gasteiger partial charge is 0.279 e. The summed E-state index contributed by atoms with van der Waals surface area (Å²) < 4.78 is 0. The first-order chi connectivity index (χ1) is 18.2. The standard InChI is InChI=1S/C30H18ClN5O/c31-22-13-5-1-9-18(22)17-36-25-16-8-4-12-21(25)28(30(36)37)35-34-27-20-11-3-2-10-19(20)26-29(27)33-24-15-7-6-14-23(24)32-26/h1-16H,17H2/b34-27+,35-28+. The number of halogens is 1. The first-order valence-corrected chi connectivity index (χ1v) is 12.2.